The van der Waals surface area contributed by atoms with Gasteiger partial charge in [-0.1, -0.05) is 54.6 Å². The normalized spacial score (nSPS) is 11.2. The van der Waals surface area contributed by atoms with Crippen molar-refractivity contribution in [2.45, 2.75) is 18.3 Å². The second-order valence-corrected chi connectivity index (χ2v) is 7.10. The molecule has 2 nitrogen and oxygen atoms in total. The maximum Gasteiger partial charge on any atom is 0.118 e. The van der Waals surface area contributed by atoms with E-state index in [9.17, 15) is 0 Å². The minimum Gasteiger partial charge on any atom is -0.497 e. The van der Waals surface area contributed by atoms with Gasteiger partial charge in [0.2, 0.25) is 0 Å². The highest BCUT2D eigenvalue weighted by molar-refractivity contribution is 6.18. The quantitative estimate of drug-likeness (QED) is 0.469. The maximum absolute atomic E-state index is 6.63. The molecule has 0 amide bonds. The Morgan fingerprint density at radius 2 is 1.11 bits per heavy atom. The summed E-state index contributed by atoms with van der Waals surface area (Å²) in [6.45, 7) is 0. The molecule has 0 spiro atoms. The van der Waals surface area contributed by atoms with E-state index in [0.717, 1.165) is 24.3 Å². The molecule has 3 aromatic carbocycles. The SMILES string of the molecule is COc1ccc(CC(CCl)(Cc2ccc(OC)cc2)c2ccccc2)cc1. The van der Waals surface area contributed by atoms with Gasteiger partial charge in [-0.05, 0) is 53.8 Å². The van der Waals surface area contributed by atoms with Crippen molar-refractivity contribution in [3.8, 4) is 11.5 Å². The topological polar surface area (TPSA) is 18.5 Å². The van der Waals surface area contributed by atoms with Crippen LogP contribution in [0.25, 0.3) is 0 Å². The van der Waals surface area contributed by atoms with Crippen LogP contribution in [0.4, 0.5) is 0 Å². The van der Waals surface area contributed by atoms with Crippen LogP contribution in [0.15, 0.2) is 78.9 Å². The Hall–Kier alpha value is -2.45. The number of benzene rings is 3. The van der Waals surface area contributed by atoms with Gasteiger partial charge in [-0.2, -0.15) is 0 Å². The molecule has 140 valence electrons. The highest BCUT2D eigenvalue weighted by Gasteiger charge is 2.32. The fourth-order valence-electron chi connectivity index (χ4n) is 3.50. The maximum atomic E-state index is 6.63. The molecular weight excluding hydrogens is 356 g/mol. The zero-order valence-corrected chi connectivity index (χ0v) is 16.6. The number of alkyl halides is 1. The molecule has 3 aromatic rings. The highest BCUT2D eigenvalue weighted by atomic mass is 35.5. The summed E-state index contributed by atoms with van der Waals surface area (Å²) < 4.78 is 10.6. The summed E-state index contributed by atoms with van der Waals surface area (Å²) in [6.07, 6.45) is 1.72. The lowest BCUT2D eigenvalue weighted by atomic mass is 9.73. The van der Waals surface area contributed by atoms with E-state index in [0.29, 0.717) is 5.88 Å². The fourth-order valence-corrected chi connectivity index (χ4v) is 3.84. The van der Waals surface area contributed by atoms with E-state index in [1.165, 1.54) is 16.7 Å². The molecule has 0 saturated heterocycles. The van der Waals surface area contributed by atoms with Crippen LogP contribution in [0.1, 0.15) is 16.7 Å². The van der Waals surface area contributed by atoms with Gasteiger partial charge in [0.15, 0.2) is 0 Å². The minimum absolute atomic E-state index is 0.188. The molecule has 0 aliphatic rings. The first kappa shape index (κ1) is 19.3. The van der Waals surface area contributed by atoms with Gasteiger partial charge >= 0.3 is 0 Å². The van der Waals surface area contributed by atoms with Gasteiger partial charge in [0.05, 0.1) is 14.2 Å². The average Bonchev–Trinajstić information content (AvgIpc) is 2.75. The lowest BCUT2D eigenvalue weighted by Gasteiger charge is -2.33. The molecule has 0 bridgehead atoms. The molecule has 0 radical (unpaired) electrons. The molecule has 0 aliphatic carbocycles. The largest absolute Gasteiger partial charge is 0.497 e. The number of ether oxygens (including phenoxy) is 2. The standard InChI is InChI=1S/C24H25ClO2/c1-26-22-12-8-19(9-13-22)16-24(18-25,21-6-4-3-5-7-21)17-20-10-14-23(27-2)15-11-20/h3-15H,16-18H2,1-2H3. The summed E-state index contributed by atoms with van der Waals surface area (Å²) in [5.74, 6) is 2.27. The molecule has 0 N–H and O–H groups in total. The summed E-state index contributed by atoms with van der Waals surface area (Å²) in [7, 11) is 3.37. The first-order chi connectivity index (χ1) is 13.2. The van der Waals surface area contributed by atoms with Gasteiger partial charge in [0.1, 0.15) is 11.5 Å². The third kappa shape index (κ3) is 4.64. The van der Waals surface area contributed by atoms with Gasteiger partial charge < -0.3 is 9.47 Å². The molecule has 0 unspecified atom stereocenters. The Balaban J connectivity index is 1.96. The zero-order chi connectivity index (χ0) is 19.1. The predicted molar refractivity (Wildman–Crippen MR) is 112 cm³/mol. The van der Waals surface area contributed by atoms with Crippen molar-refractivity contribution < 1.29 is 9.47 Å². The van der Waals surface area contributed by atoms with Gasteiger partial charge in [0.25, 0.3) is 0 Å². The Morgan fingerprint density at radius 1 is 0.667 bits per heavy atom. The van der Waals surface area contributed by atoms with E-state index in [-0.39, 0.29) is 5.41 Å². The second kappa shape index (κ2) is 8.96. The summed E-state index contributed by atoms with van der Waals surface area (Å²) in [5, 5.41) is 0. The van der Waals surface area contributed by atoms with Crippen molar-refractivity contribution in [3.05, 3.63) is 95.6 Å². The Kier molecular flexibility index (Phi) is 6.41. The van der Waals surface area contributed by atoms with Crippen LogP contribution in [0.5, 0.6) is 11.5 Å². The van der Waals surface area contributed by atoms with Crippen LogP contribution in [-0.4, -0.2) is 20.1 Å². The molecule has 0 heterocycles. The van der Waals surface area contributed by atoms with Crippen molar-refractivity contribution in [2.24, 2.45) is 0 Å². The Bertz CT molecular complexity index is 777. The highest BCUT2D eigenvalue weighted by Crippen LogP contribution is 2.35. The number of halogens is 1. The number of hydrogen-bond donors (Lipinski definition) is 0. The van der Waals surface area contributed by atoms with Gasteiger partial charge in [0, 0.05) is 11.3 Å². The average molecular weight is 381 g/mol. The van der Waals surface area contributed by atoms with Crippen molar-refractivity contribution in [1.29, 1.82) is 0 Å². The van der Waals surface area contributed by atoms with Crippen LogP contribution in [0.2, 0.25) is 0 Å². The first-order valence-electron chi connectivity index (χ1n) is 9.06. The first-order valence-corrected chi connectivity index (χ1v) is 9.60. The zero-order valence-electron chi connectivity index (χ0n) is 15.8. The molecule has 0 aromatic heterocycles. The van der Waals surface area contributed by atoms with Crippen LogP contribution < -0.4 is 9.47 Å². The van der Waals surface area contributed by atoms with E-state index in [4.69, 9.17) is 21.1 Å². The molecule has 3 heteroatoms. The van der Waals surface area contributed by atoms with Crippen LogP contribution in [-0.2, 0) is 18.3 Å². The molecule has 0 fully saturated rings. The summed E-state index contributed by atoms with van der Waals surface area (Å²) >= 11 is 6.63. The molecule has 0 saturated carbocycles. The van der Waals surface area contributed by atoms with Crippen molar-refractivity contribution in [1.82, 2.24) is 0 Å². The molecule has 3 rings (SSSR count). The van der Waals surface area contributed by atoms with Crippen molar-refractivity contribution >= 4 is 11.6 Å². The van der Waals surface area contributed by atoms with Crippen LogP contribution in [0, 0.1) is 0 Å². The summed E-state index contributed by atoms with van der Waals surface area (Å²) in [4.78, 5) is 0. The third-order valence-corrected chi connectivity index (χ3v) is 5.56. The molecule has 0 aliphatic heterocycles. The summed E-state index contributed by atoms with van der Waals surface area (Å²) in [6, 6.07) is 27.1. The second-order valence-electron chi connectivity index (χ2n) is 6.83. The van der Waals surface area contributed by atoms with E-state index >= 15 is 0 Å². The molecule has 0 atom stereocenters. The lowest BCUT2D eigenvalue weighted by molar-refractivity contribution is 0.413. The van der Waals surface area contributed by atoms with Crippen molar-refractivity contribution in [2.75, 3.05) is 20.1 Å². The van der Waals surface area contributed by atoms with E-state index in [2.05, 4.69) is 48.5 Å². The predicted octanol–water partition coefficient (Wildman–Crippen LogP) is 5.67. The molecule has 27 heavy (non-hydrogen) atoms. The van der Waals surface area contributed by atoms with Gasteiger partial charge in [-0.3, -0.25) is 0 Å². The van der Waals surface area contributed by atoms with E-state index in [1.54, 1.807) is 14.2 Å². The number of rotatable bonds is 8. The minimum atomic E-state index is -0.188. The van der Waals surface area contributed by atoms with Gasteiger partial charge in [-0.15, -0.1) is 11.6 Å². The third-order valence-electron chi connectivity index (χ3n) is 5.05. The smallest absolute Gasteiger partial charge is 0.118 e. The van der Waals surface area contributed by atoms with E-state index < -0.39 is 0 Å². The van der Waals surface area contributed by atoms with Crippen LogP contribution in [0.3, 0.4) is 0 Å². The monoisotopic (exact) mass is 380 g/mol. The number of hydrogen-bond acceptors (Lipinski definition) is 2. The lowest BCUT2D eigenvalue weighted by Crippen LogP contribution is -2.34. The Labute approximate surface area is 166 Å². The number of methoxy groups -OCH3 is 2. The van der Waals surface area contributed by atoms with Crippen LogP contribution >= 0.6 is 11.6 Å². The molecular formula is C24H25ClO2. The Morgan fingerprint density at radius 3 is 1.48 bits per heavy atom. The van der Waals surface area contributed by atoms with Gasteiger partial charge in [-0.25, -0.2) is 0 Å². The van der Waals surface area contributed by atoms with E-state index in [1.807, 2.05) is 30.3 Å². The van der Waals surface area contributed by atoms with Crippen molar-refractivity contribution in [3.63, 3.8) is 0 Å². The fraction of sp³-hybridized carbons (Fsp3) is 0.250. The summed E-state index contributed by atoms with van der Waals surface area (Å²) in [5.41, 5.74) is 3.56.